The van der Waals surface area contributed by atoms with Crippen molar-refractivity contribution in [1.82, 2.24) is 15.2 Å². The number of aromatic nitrogens is 2. The molecule has 4 aromatic rings. The van der Waals surface area contributed by atoms with E-state index in [1.165, 1.54) is 0 Å². The predicted octanol–water partition coefficient (Wildman–Crippen LogP) is 7.05. The van der Waals surface area contributed by atoms with Gasteiger partial charge in [-0.05, 0) is 78.9 Å². The van der Waals surface area contributed by atoms with Gasteiger partial charge in [0.05, 0.1) is 18.5 Å². The number of nitrogens with one attached hydrogen (secondary N) is 1. The van der Waals surface area contributed by atoms with Gasteiger partial charge in [0.2, 0.25) is 0 Å². The van der Waals surface area contributed by atoms with Crippen LogP contribution in [-0.2, 0) is 4.79 Å². The van der Waals surface area contributed by atoms with Gasteiger partial charge in [0.15, 0.2) is 6.61 Å². The SMILES string of the molecule is CCCOc1ccc(-c2nn(-c3ccccc3)cc2C=NNC(=O)COc2cc(C)c(Br)cc2C(C)C)cc1. The van der Waals surface area contributed by atoms with Crippen molar-refractivity contribution in [3.63, 3.8) is 0 Å². The number of hydrogen-bond donors (Lipinski definition) is 1. The van der Waals surface area contributed by atoms with Gasteiger partial charge in [-0.15, -0.1) is 0 Å². The number of para-hydroxylation sites is 1. The van der Waals surface area contributed by atoms with E-state index in [4.69, 9.17) is 14.6 Å². The van der Waals surface area contributed by atoms with Crippen LogP contribution < -0.4 is 14.9 Å². The van der Waals surface area contributed by atoms with Crippen LogP contribution in [0.2, 0.25) is 0 Å². The number of nitrogens with zero attached hydrogens (tertiary/aromatic N) is 3. The third kappa shape index (κ3) is 7.35. The molecule has 0 spiro atoms. The molecule has 39 heavy (non-hydrogen) atoms. The first-order chi connectivity index (χ1) is 18.9. The van der Waals surface area contributed by atoms with Crippen molar-refractivity contribution in [2.45, 2.75) is 40.0 Å². The van der Waals surface area contributed by atoms with E-state index in [1.807, 2.05) is 79.9 Å². The van der Waals surface area contributed by atoms with Gasteiger partial charge in [-0.3, -0.25) is 4.79 Å². The highest BCUT2D eigenvalue weighted by molar-refractivity contribution is 9.10. The average Bonchev–Trinajstić information content (AvgIpc) is 3.37. The maximum atomic E-state index is 12.6. The van der Waals surface area contributed by atoms with Gasteiger partial charge in [0.1, 0.15) is 17.2 Å². The first-order valence-electron chi connectivity index (χ1n) is 13.0. The number of benzene rings is 3. The smallest absolute Gasteiger partial charge is 0.277 e. The highest BCUT2D eigenvalue weighted by atomic mass is 79.9. The molecule has 202 valence electrons. The highest BCUT2D eigenvalue weighted by Gasteiger charge is 2.14. The number of hydrazone groups is 1. The lowest BCUT2D eigenvalue weighted by atomic mass is 10.0. The Morgan fingerprint density at radius 1 is 1.10 bits per heavy atom. The molecule has 0 saturated heterocycles. The topological polar surface area (TPSA) is 77.7 Å². The van der Waals surface area contributed by atoms with Crippen molar-refractivity contribution in [2.75, 3.05) is 13.2 Å². The Morgan fingerprint density at radius 3 is 2.54 bits per heavy atom. The molecule has 0 atom stereocenters. The summed E-state index contributed by atoms with van der Waals surface area (Å²) in [5.74, 6) is 1.41. The number of carbonyl (C=O) groups is 1. The molecular formula is C31H33BrN4O3. The lowest BCUT2D eigenvalue weighted by molar-refractivity contribution is -0.123. The molecule has 7 nitrogen and oxygen atoms in total. The van der Waals surface area contributed by atoms with Crippen LogP contribution in [0.15, 0.2) is 82.5 Å². The Morgan fingerprint density at radius 2 is 1.85 bits per heavy atom. The summed E-state index contributed by atoms with van der Waals surface area (Å²) in [6.45, 7) is 8.77. The van der Waals surface area contributed by atoms with Crippen LogP contribution in [-0.4, -0.2) is 35.1 Å². The maximum absolute atomic E-state index is 12.6. The standard InChI is InChI=1S/C31H33BrN4O3/c1-5-15-38-26-13-11-23(12-14-26)31-24(19-36(35-31)25-9-7-6-8-10-25)18-33-34-30(37)20-39-29-16-22(4)28(32)17-27(29)21(2)3/h6-14,16-19,21H,5,15,20H2,1-4H3,(H,34,37). The first-order valence-corrected chi connectivity index (χ1v) is 13.8. The molecule has 1 amide bonds. The van der Waals surface area contributed by atoms with E-state index in [-0.39, 0.29) is 18.4 Å². The number of carbonyl (C=O) groups excluding carboxylic acids is 1. The number of ether oxygens (including phenoxy) is 2. The van der Waals surface area contributed by atoms with Crippen LogP contribution >= 0.6 is 15.9 Å². The van der Waals surface area contributed by atoms with Crippen LogP contribution in [0.5, 0.6) is 11.5 Å². The van der Waals surface area contributed by atoms with Crippen LogP contribution in [0.3, 0.4) is 0 Å². The van der Waals surface area contributed by atoms with E-state index in [0.717, 1.165) is 50.3 Å². The Balaban J connectivity index is 1.49. The summed E-state index contributed by atoms with van der Waals surface area (Å²) in [4.78, 5) is 12.6. The minimum atomic E-state index is -0.351. The molecule has 0 aliphatic rings. The summed E-state index contributed by atoms with van der Waals surface area (Å²) in [6.07, 6.45) is 4.44. The molecule has 0 fully saturated rings. The molecule has 1 N–H and O–H groups in total. The minimum Gasteiger partial charge on any atom is -0.494 e. The van der Waals surface area contributed by atoms with Crippen molar-refractivity contribution in [3.8, 4) is 28.4 Å². The van der Waals surface area contributed by atoms with Crippen LogP contribution in [0, 0.1) is 6.92 Å². The fourth-order valence-corrected chi connectivity index (χ4v) is 4.31. The number of amides is 1. The second kappa shape index (κ2) is 13.2. The molecule has 0 bridgehead atoms. The first kappa shape index (κ1) is 28.1. The summed E-state index contributed by atoms with van der Waals surface area (Å²) >= 11 is 3.57. The normalized spacial score (nSPS) is 11.2. The van der Waals surface area contributed by atoms with E-state index in [1.54, 1.807) is 10.9 Å². The second-order valence-corrected chi connectivity index (χ2v) is 10.3. The molecule has 0 unspecified atom stereocenters. The summed E-state index contributed by atoms with van der Waals surface area (Å²) in [5.41, 5.74) is 7.98. The number of hydrogen-bond acceptors (Lipinski definition) is 5. The summed E-state index contributed by atoms with van der Waals surface area (Å²) < 4.78 is 14.4. The monoisotopic (exact) mass is 588 g/mol. The van der Waals surface area contributed by atoms with Crippen molar-refractivity contribution in [3.05, 3.63) is 94.1 Å². The molecule has 0 aliphatic heterocycles. The van der Waals surface area contributed by atoms with E-state index in [0.29, 0.717) is 12.4 Å². The zero-order valence-electron chi connectivity index (χ0n) is 22.6. The van der Waals surface area contributed by atoms with E-state index in [9.17, 15) is 4.79 Å². The van der Waals surface area contributed by atoms with Crippen molar-refractivity contribution < 1.29 is 14.3 Å². The lowest BCUT2D eigenvalue weighted by Gasteiger charge is -2.15. The largest absolute Gasteiger partial charge is 0.494 e. The van der Waals surface area contributed by atoms with Crippen molar-refractivity contribution >= 4 is 28.1 Å². The van der Waals surface area contributed by atoms with Crippen molar-refractivity contribution in [1.29, 1.82) is 0 Å². The van der Waals surface area contributed by atoms with Crippen LogP contribution in [0.4, 0.5) is 0 Å². The molecular weight excluding hydrogens is 556 g/mol. The molecule has 3 aromatic carbocycles. The number of rotatable bonds is 11. The summed E-state index contributed by atoms with van der Waals surface area (Å²) in [6, 6.07) is 21.6. The zero-order valence-corrected chi connectivity index (χ0v) is 24.2. The lowest BCUT2D eigenvalue weighted by Crippen LogP contribution is -2.25. The molecule has 0 saturated carbocycles. The van der Waals surface area contributed by atoms with Crippen LogP contribution in [0.1, 0.15) is 49.8 Å². The third-order valence-corrected chi connectivity index (χ3v) is 6.88. The Labute approximate surface area is 238 Å². The molecule has 0 aliphatic carbocycles. The Bertz CT molecular complexity index is 1430. The maximum Gasteiger partial charge on any atom is 0.277 e. The third-order valence-electron chi connectivity index (χ3n) is 6.03. The van der Waals surface area contributed by atoms with Gasteiger partial charge in [0.25, 0.3) is 5.91 Å². The Kier molecular flexibility index (Phi) is 9.54. The summed E-state index contributed by atoms with van der Waals surface area (Å²) in [7, 11) is 0. The van der Waals surface area contributed by atoms with Crippen LogP contribution in [0.25, 0.3) is 16.9 Å². The molecule has 1 aromatic heterocycles. The summed E-state index contributed by atoms with van der Waals surface area (Å²) in [5, 5.41) is 9.01. The number of aryl methyl sites for hydroxylation is 1. The second-order valence-electron chi connectivity index (χ2n) is 9.46. The molecule has 1 heterocycles. The van der Waals surface area contributed by atoms with Crippen molar-refractivity contribution in [2.24, 2.45) is 5.10 Å². The molecule has 8 heteroatoms. The van der Waals surface area contributed by atoms with E-state index in [2.05, 4.69) is 47.2 Å². The van der Waals surface area contributed by atoms with Gasteiger partial charge in [-0.25, -0.2) is 10.1 Å². The van der Waals surface area contributed by atoms with E-state index < -0.39 is 0 Å². The zero-order chi connectivity index (χ0) is 27.8. The Hall–Kier alpha value is -3.91. The fraction of sp³-hybridized carbons (Fsp3) is 0.258. The fourth-order valence-electron chi connectivity index (χ4n) is 3.94. The quantitative estimate of drug-likeness (QED) is 0.150. The predicted molar refractivity (Wildman–Crippen MR) is 159 cm³/mol. The van der Waals surface area contributed by atoms with Gasteiger partial charge in [-0.1, -0.05) is 54.9 Å². The minimum absolute atomic E-state index is 0.145. The highest BCUT2D eigenvalue weighted by Crippen LogP contribution is 2.32. The molecule has 0 radical (unpaired) electrons. The molecule has 4 rings (SSSR count). The van der Waals surface area contributed by atoms with Gasteiger partial charge in [-0.2, -0.15) is 10.2 Å². The number of halogens is 1. The van der Waals surface area contributed by atoms with Gasteiger partial charge >= 0.3 is 0 Å². The van der Waals surface area contributed by atoms with Gasteiger partial charge < -0.3 is 9.47 Å². The van der Waals surface area contributed by atoms with Gasteiger partial charge in [0, 0.05) is 21.8 Å². The van der Waals surface area contributed by atoms with E-state index >= 15 is 0 Å². The average molecular weight is 590 g/mol.